The summed E-state index contributed by atoms with van der Waals surface area (Å²) in [5.74, 6) is 0. The fourth-order valence-corrected chi connectivity index (χ4v) is 1.45. The maximum atomic E-state index is 12.2. The van der Waals surface area contributed by atoms with Gasteiger partial charge in [0.1, 0.15) is 5.60 Å². The summed E-state index contributed by atoms with van der Waals surface area (Å²) in [5, 5.41) is 0. The molecule has 1 rings (SSSR count). The van der Waals surface area contributed by atoms with Crippen molar-refractivity contribution in [3.8, 4) is 0 Å². The molecule has 0 saturated carbocycles. The van der Waals surface area contributed by atoms with Crippen molar-refractivity contribution in [2.45, 2.75) is 33.3 Å². The highest BCUT2D eigenvalue weighted by molar-refractivity contribution is 5.87. The van der Waals surface area contributed by atoms with Crippen LogP contribution in [0.3, 0.4) is 0 Å². The summed E-state index contributed by atoms with van der Waals surface area (Å²) in [6, 6.07) is 3.71. The maximum Gasteiger partial charge on any atom is 0.414 e. The van der Waals surface area contributed by atoms with E-state index in [1.165, 1.54) is 4.90 Å². The molecule has 0 unspecified atom stereocenters. The zero-order valence-corrected chi connectivity index (χ0v) is 12.3. The number of rotatable bonds is 4. The predicted octanol–water partition coefficient (Wildman–Crippen LogP) is 2.78. The van der Waals surface area contributed by atoms with Gasteiger partial charge in [0.05, 0.1) is 25.0 Å². The van der Waals surface area contributed by atoms with E-state index in [0.29, 0.717) is 18.8 Å². The number of carbonyl (C=O) groups excluding carboxylic acids is 1. The first kappa shape index (κ1) is 15.4. The molecule has 0 spiro atoms. The molecule has 1 aromatic rings. The lowest BCUT2D eigenvalue weighted by Crippen LogP contribution is -2.38. The zero-order chi connectivity index (χ0) is 14.5. The number of hydrogen-bond acceptors (Lipinski definition) is 4. The Morgan fingerprint density at radius 1 is 1.37 bits per heavy atom. The molecule has 1 aromatic heterocycles. The number of aromatic nitrogens is 1. The van der Waals surface area contributed by atoms with Crippen LogP contribution in [0.5, 0.6) is 0 Å². The lowest BCUT2D eigenvalue weighted by molar-refractivity contribution is 0.0569. The summed E-state index contributed by atoms with van der Waals surface area (Å²) < 4.78 is 10.4. The number of nitrogens with zero attached hydrogens (tertiary/aromatic N) is 2. The van der Waals surface area contributed by atoms with Gasteiger partial charge in [0.2, 0.25) is 0 Å². The Labute approximate surface area is 114 Å². The Morgan fingerprint density at radius 2 is 2.05 bits per heavy atom. The maximum absolute atomic E-state index is 12.2. The minimum atomic E-state index is -0.527. The third-order valence-electron chi connectivity index (χ3n) is 2.34. The van der Waals surface area contributed by atoms with E-state index in [0.717, 1.165) is 5.69 Å². The van der Waals surface area contributed by atoms with Crippen molar-refractivity contribution in [3.63, 3.8) is 0 Å². The van der Waals surface area contributed by atoms with Gasteiger partial charge in [-0.15, -0.1) is 0 Å². The fourth-order valence-electron chi connectivity index (χ4n) is 1.45. The minimum Gasteiger partial charge on any atom is -0.443 e. The van der Waals surface area contributed by atoms with Crippen LogP contribution in [0, 0.1) is 6.92 Å². The smallest absolute Gasteiger partial charge is 0.414 e. The Balaban J connectivity index is 2.87. The fraction of sp³-hybridized carbons (Fsp3) is 0.571. The van der Waals surface area contributed by atoms with E-state index in [-0.39, 0.29) is 0 Å². The zero-order valence-electron chi connectivity index (χ0n) is 12.3. The largest absolute Gasteiger partial charge is 0.443 e. The van der Waals surface area contributed by atoms with Crippen molar-refractivity contribution < 1.29 is 14.3 Å². The average Bonchev–Trinajstić information content (AvgIpc) is 2.29. The lowest BCUT2D eigenvalue weighted by atomic mass is 10.2. The Hall–Kier alpha value is -1.62. The van der Waals surface area contributed by atoms with Crippen LogP contribution < -0.4 is 4.90 Å². The molecule has 1 heterocycles. The minimum absolute atomic E-state index is 0.393. The summed E-state index contributed by atoms with van der Waals surface area (Å²) in [7, 11) is 1.60. The lowest BCUT2D eigenvalue weighted by Gasteiger charge is -2.27. The van der Waals surface area contributed by atoms with Gasteiger partial charge in [0.15, 0.2) is 0 Å². The number of pyridine rings is 1. The molecule has 0 aliphatic heterocycles. The summed E-state index contributed by atoms with van der Waals surface area (Å²) >= 11 is 0. The van der Waals surface area contributed by atoms with E-state index in [2.05, 4.69) is 4.98 Å². The molecule has 0 saturated heterocycles. The van der Waals surface area contributed by atoms with Crippen molar-refractivity contribution in [2.24, 2.45) is 0 Å². The topological polar surface area (TPSA) is 51.7 Å². The first-order valence-corrected chi connectivity index (χ1v) is 6.25. The Morgan fingerprint density at radius 3 is 2.53 bits per heavy atom. The summed E-state index contributed by atoms with van der Waals surface area (Å²) in [6.45, 7) is 8.28. The molecule has 0 radical (unpaired) electrons. The molecule has 1 amide bonds. The molecule has 0 bridgehead atoms. The highest BCUT2D eigenvalue weighted by Gasteiger charge is 2.23. The molecule has 0 aliphatic rings. The van der Waals surface area contributed by atoms with Crippen LogP contribution in [0.15, 0.2) is 18.3 Å². The van der Waals surface area contributed by atoms with Gasteiger partial charge in [0, 0.05) is 12.8 Å². The van der Waals surface area contributed by atoms with E-state index in [9.17, 15) is 4.79 Å². The molecule has 0 aliphatic carbocycles. The van der Waals surface area contributed by atoms with Crippen LogP contribution in [0.2, 0.25) is 0 Å². The van der Waals surface area contributed by atoms with E-state index >= 15 is 0 Å². The number of methoxy groups -OCH3 is 1. The molecule has 0 aromatic carbocycles. The Kier molecular flexibility index (Phi) is 5.30. The third-order valence-corrected chi connectivity index (χ3v) is 2.34. The van der Waals surface area contributed by atoms with Gasteiger partial charge in [-0.2, -0.15) is 0 Å². The van der Waals surface area contributed by atoms with Gasteiger partial charge in [-0.1, -0.05) is 0 Å². The number of aryl methyl sites for hydroxylation is 1. The van der Waals surface area contributed by atoms with Gasteiger partial charge in [-0.3, -0.25) is 9.88 Å². The molecular weight excluding hydrogens is 244 g/mol. The van der Waals surface area contributed by atoms with Crippen LogP contribution in [0.25, 0.3) is 0 Å². The quantitative estimate of drug-likeness (QED) is 0.841. The summed E-state index contributed by atoms with van der Waals surface area (Å²) in [4.78, 5) is 17.9. The second-order valence-corrected chi connectivity index (χ2v) is 5.28. The summed E-state index contributed by atoms with van der Waals surface area (Å²) in [5.41, 5.74) is 1.08. The molecular formula is C14H22N2O3. The van der Waals surface area contributed by atoms with Crippen molar-refractivity contribution in [3.05, 3.63) is 24.0 Å². The van der Waals surface area contributed by atoms with Gasteiger partial charge >= 0.3 is 6.09 Å². The number of ether oxygens (including phenoxy) is 2. The van der Waals surface area contributed by atoms with Crippen LogP contribution in [0.4, 0.5) is 10.5 Å². The number of carbonyl (C=O) groups is 1. The predicted molar refractivity (Wildman–Crippen MR) is 74.4 cm³/mol. The van der Waals surface area contributed by atoms with Crippen LogP contribution in [-0.4, -0.2) is 36.9 Å². The first-order chi connectivity index (χ1) is 8.83. The molecule has 106 valence electrons. The molecule has 19 heavy (non-hydrogen) atoms. The van der Waals surface area contributed by atoms with Gasteiger partial charge in [0.25, 0.3) is 0 Å². The van der Waals surface area contributed by atoms with Gasteiger partial charge in [-0.25, -0.2) is 4.79 Å². The molecule has 5 nitrogen and oxygen atoms in total. The second kappa shape index (κ2) is 6.52. The highest BCUT2D eigenvalue weighted by atomic mass is 16.6. The standard InChI is InChI=1S/C14H22N2O3/c1-11-6-7-12(10-15-11)16(8-9-18-5)13(17)19-14(2,3)4/h6-7,10H,8-9H2,1-5H3. The third kappa shape index (κ3) is 5.26. The molecule has 0 N–H and O–H groups in total. The Bertz CT molecular complexity index is 410. The molecule has 5 heteroatoms. The summed E-state index contributed by atoms with van der Waals surface area (Å²) in [6.07, 6.45) is 1.27. The van der Waals surface area contributed by atoms with Crippen LogP contribution in [-0.2, 0) is 9.47 Å². The van der Waals surface area contributed by atoms with E-state index < -0.39 is 11.7 Å². The van der Waals surface area contributed by atoms with Crippen molar-refractivity contribution in [1.29, 1.82) is 0 Å². The molecule has 0 fully saturated rings. The highest BCUT2D eigenvalue weighted by Crippen LogP contribution is 2.17. The molecule has 0 atom stereocenters. The monoisotopic (exact) mass is 266 g/mol. The van der Waals surface area contributed by atoms with Gasteiger partial charge in [-0.05, 0) is 39.8 Å². The van der Waals surface area contributed by atoms with Crippen molar-refractivity contribution in [2.75, 3.05) is 25.2 Å². The van der Waals surface area contributed by atoms with Crippen molar-refractivity contribution in [1.82, 2.24) is 4.98 Å². The number of anilines is 1. The number of amides is 1. The van der Waals surface area contributed by atoms with Crippen LogP contribution >= 0.6 is 0 Å². The van der Waals surface area contributed by atoms with E-state index in [1.54, 1.807) is 13.3 Å². The number of hydrogen-bond donors (Lipinski definition) is 0. The van der Waals surface area contributed by atoms with E-state index in [4.69, 9.17) is 9.47 Å². The average molecular weight is 266 g/mol. The van der Waals surface area contributed by atoms with Crippen molar-refractivity contribution >= 4 is 11.8 Å². The second-order valence-electron chi connectivity index (χ2n) is 5.28. The van der Waals surface area contributed by atoms with E-state index in [1.807, 2.05) is 39.8 Å². The first-order valence-electron chi connectivity index (χ1n) is 6.25. The SMILES string of the molecule is COCCN(C(=O)OC(C)(C)C)c1ccc(C)nc1. The van der Waals surface area contributed by atoms with Crippen LogP contribution in [0.1, 0.15) is 26.5 Å². The normalized spacial score (nSPS) is 11.2. The van der Waals surface area contributed by atoms with Gasteiger partial charge < -0.3 is 9.47 Å².